The second-order valence-electron chi connectivity index (χ2n) is 11.3. The quantitative estimate of drug-likeness (QED) is 0.174. The lowest BCUT2D eigenvalue weighted by molar-refractivity contribution is -0.181. The van der Waals surface area contributed by atoms with Gasteiger partial charge in [0.1, 0.15) is 39.7 Å². The molecule has 7 atom stereocenters. The maximum Gasteiger partial charge on any atom is 0.333 e. The van der Waals surface area contributed by atoms with Crippen molar-refractivity contribution in [3.8, 4) is 0 Å². The van der Waals surface area contributed by atoms with E-state index in [1.54, 1.807) is 44.2 Å². The molecule has 4 heterocycles. The number of thioether (sulfide) groups is 1. The molecular weight excluding hydrogens is 635 g/mol. The first-order chi connectivity index (χ1) is 19.0. The normalized spacial score (nSPS) is 31.9. The Kier molecular flexibility index (Phi) is 8.35. The average Bonchev–Trinajstić information content (AvgIpc) is 3.26. The van der Waals surface area contributed by atoms with E-state index in [4.69, 9.17) is 26.8 Å². The van der Waals surface area contributed by atoms with Crippen molar-refractivity contribution in [2.24, 2.45) is 5.73 Å². The molecule has 4 fully saturated rings. The second kappa shape index (κ2) is 10.8. The zero-order valence-electron chi connectivity index (χ0n) is 22.9. The predicted molar refractivity (Wildman–Crippen MR) is 153 cm³/mol. The van der Waals surface area contributed by atoms with Gasteiger partial charge in [-0.05, 0) is 33.3 Å². The summed E-state index contributed by atoms with van der Waals surface area (Å²) in [6, 6.07) is 3.23. The summed E-state index contributed by atoms with van der Waals surface area (Å²) >= 11 is 7.40. The van der Waals surface area contributed by atoms with Crippen LogP contribution in [0, 0.1) is 0 Å². The summed E-state index contributed by atoms with van der Waals surface area (Å²) in [7, 11) is -4.18. The lowest BCUT2D eigenvalue weighted by atomic mass is 9.95. The number of carbonyl (C=O) groups excluding carboxylic acids is 5. The topological polar surface area (TPSA) is 182 Å². The number of hydrogen-bond acceptors (Lipinski definition) is 11. The highest BCUT2D eigenvalue weighted by molar-refractivity contribution is 8.01. The van der Waals surface area contributed by atoms with Gasteiger partial charge in [-0.3, -0.25) is 14.4 Å². The van der Waals surface area contributed by atoms with Crippen LogP contribution < -0.4 is 11.1 Å². The number of esters is 2. The van der Waals surface area contributed by atoms with Gasteiger partial charge < -0.3 is 30.3 Å². The van der Waals surface area contributed by atoms with Crippen molar-refractivity contribution in [1.29, 1.82) is 0 Å². The Morgan fingerprint density at radius 1 is 1.02 bits per heavy atom. The van der Waals surface area contributed by atoms with E-state index < -0.39 is 90.7 Å². The molecule has 1 unspecified atom stereocenters. The summed E-state index contributed by atoms with van der Waals surface area (Å²) in [5.41, 5.74) is 6.46. The summed E-state index contributed by atoms with van der Waals surface area (Å²) in [4.78, 5) is 66.1. The summed E-state index contributed by atoms with van der Waals surface area (Å²) in [5.74, 6) is -3.87. The molecule has 0 spiro atoms. The van der Waals surface area contributed by atoms with Gasteiger partial charge in [0.05, 0.1) is 0 Å². The highest BCUT2D eigenvalue weighted by atomic mass is 35.5. The minimum atomic E-state index is -4.18. The molecular formula is C25H30Cl2N4O9S2. The molecule has 0 saturated carbocycles. The Morgan fingerprint density at radius 3 is 2.19 bits per heavy atom. The molecule has 3 N–H and O–H groups in total. The molecule has 4 saturated heterocycles. The van der Waals surface area contributed by atoms with Gasteiger partial charge in [0, 0.05) is 4.75 Å². The van der Waals surface area contributed by atoms with Crippen LogP contribution in [0.15, 0.2) is 30.3 Å². The second-order valence-corrected chi connectivity index (χ2v) is 16.1. The number of nitrogens with one attached hydrogen (secondary N) is 1. The standard InChI is InChI=1S/C25H29ClN4O9S2.ClH/c1-24(2)15(29-18(32)12(26)20(29)40-24)22(34)38-10-39-23(35)16-25(3,4)41(36,37)21-14(19(33)30(16)21)28-17(31)13(27)11-8-6-5-7-9-11;/h5-9,12-16,20-21H,10,27H2,1-4H3,(H,28,31);1H/t12-,13?,14+,15-,16-,20+,21+;/m0./s1. The third-order valence-electron chi connectivity index (χ3n) is 8.03. The van der Waals surface area contributed by atoms with E-state index in [0.717, 1.165) is 4.90 Å². The molecule has 1 aromatic rings. The molecule has 3 amide bonds. The van der Waals surface area contributed by atoms with Gasteiger partial charge in [-0.2, -0.15) is 0 Å². The number of β-lactam (4-membered cyclic amide) rings is 2. The first-order valence-electron chi connectivity index (χ1n) is 12.7. The van der Waals surface area contributed by atoms with Crippen molar-refractivity contribution in [3.63, 3.8) is 0 Å². The fourth-order valence-corrected chi connectivity index (χ4v) is 9.86. The Hall–Kier alpha value is -2.59. The molecule has 0 radical (unpaired) electrons. The Labute approximate surface area is 257 Å². The third-order valence-corrected chi connectivity index (χ3v) is 13.0. The minimum Gasteiger partial charge on any atom is -0.426 e. The van der Waals surface area contributed by atoms with Crippen molar-refractivity contribution in [2.45, 2.75) is 77.5 Å². The van der Waals surface area contributed by atoms with Crippen LogP contribution in [-0.2, 0) is 43.3 Å². The maximum absolute atomic E-state index is 13.4. The fraction of sp³-hybridized carbons (Fsp3) is 0.560. The molecule has 5 rings (SSSR count). The number of amides is 3. The zero-order valence-corrected chi connectivity index (χ0v) is 26.1. The molecule has 13 nitrogen and oxygen atoms in total. The number of ether oxygens (including phenoxy) is 2. The van der Waals surface area contributed by atoms with Crippen molar-refractivity contribution >= 4 is 75.3 Å². The van der Waals surface area contributed by atoms with Crippen LogP contribution in [0.5, 0.6) is 0 Å². The number of sulfone groups is 1. The number of carbonyl (C=O) groups is 5. The van der Waals surface area contributed by atoms with Crippen molar-refractivity contribution in [2.75, 3.05) is 6.79 Å². The lowest BCUT2D eigenvalue weighted by Gasteiger charge is -2.43. The number of rotatable bonds is 7. The van der Waals surface area contributed by atoms with E-state index in [0.29, 0.717) is 5.56 Å². The molecule has 0 bridgehead atoms. The smallest absolute Gasteiger partial charge is 0.333 e. The maximum atomic E-state index is 13.4. The Balaban J connectivity index is 0.00000405. The van der Waals surface area contributed by atoms with E-state index in [2.05, 4.69) is 5.32 Å². The average molecular weight is 666 g/mol. The Morgan fingerprint density at radius 2 is 1.60 bits per heavy atom. The number of alkyl halides is 1. The first-order valence-corrected chi connectivity index (χ1v) is 15.5. The summed E-state index contributed by atoms with van der Waals surface area (Å²) in [6.07, 6.45) is 0. The lowest BCUT2D eigenvalue weighted by Crippen LogP contribution is -2.72. The van der Waals surface area contributed by atoms with Crippen LogP contribution in [0.4, 0.5) is 0 Å². The van der Waals surface area contributed by atoms with Crippen LogP contribution in [0.25, 0.3) is 0 Å². The van der Waals surface area contributed by atoms with Gasteiger partial charge >= 0.3 is 11.9 Å². The van der Waals surface area contributed by atoms with Crippen LogP contribution in [0.3, 0.4) is 0 Å². The summed E-state index contributed by atoms with van der Waals surface area (Å²) < 4.78 is 34.6. The van der Waals surface area contributed by atoms with Gasteiger partial charge in [-0.1, -0.05) is 30.3 Å². The number of benzene rings is 1. The number of nitrogens with zero attached hydrogens (tertiary/aromatic N) is 2. The van der Waals surface area contributed by atoms with Gasteiger partial charge in [0.2, 0.25) is 24.5 Å². The Bertz CT molecular complexity index is 1440. The van der Waals surface area contributed by atoms with Crippen molar-refractivity contribution in [3.05, 3.63) is 35.9 Å². The number of fused-ring (bicyclic) bond motifs is 2. The van der Waals surface area contributed by atoms with Crippen molar-refractivity contribution < 1.29 is 41.9 Å². The molecule has 17 heteroatoms. The van der Waals surface area contributed by atoms with Crippen molar-refractivity contribution in [1.82, 2.24) is 15.1 Å². The largest absolute Gasteiger partial charge is 0.426 e. The molecule has 4 aliphatic heterocycles. The van der Waals surface area contributed by atoms with Gasteiger partial charge in [0.15, 0.2) is 15.2 Å². The van der Waals surface area contributed by atoms with E-state index in [-0.39, 0.29) is 17.8 Å². The zero-order chi connectivity index (χ0) is 30.2. The number of nitrogens with two attached hydrogens (primary N) is 1. The predicted octanol–water partition coefficient (Wildman–Crippen LogP) is 0.0505. The van der Waals surface area contributed by atoms with E-state index in [9.17, 15) is 32.4 Å². The van der Waals surface area contributed by atoms with E-state index >= 15 is 0 Å². The third kappa shape index (κ3) is 4.64. The molecule has 42 heavy (non-hydrogen) atoms. The van der Waals surface area contributed by atoms with Crippen LogP contribution >= 0.6 is 35.8 Å². The van der Waals surface area contributed by atoms with E-state index in [1.165, 1.54) is 30.5 Å². The molecule has 4 aliphatic rings. The summed E-state index contributed by atoms with van der Waals surface area (Å²) in [5, 5.41) is -0.227. The molecule has 0 aliphatic carbocycles. The molecule has 0 aromatic heterocycles. The highest BCUT2D eigenvalue weighted by Gasteiger charge is 2.73. The number of hydrogen-bond donors (Lipinski definition) is 2. The van der Waals surface area contributed by atoms with Gasteiger partial charge in [0.25, 0.3) is 0 Å². The van der Waals surface area contributed by atoms with Gasteiger partial charge in [-0.15, -0.1) is 35.8 Å². The van der Waals surface area contributed by atoms with Gasteiger partial charge in [-0.25, -0.2) is 18.0 Å². The van der Waals surface area contributed by atoms with Crippen LogP contribution in [0.2, 0.25) is 0 Å². The number of halogens is 2. The minimum absolute atomic E-state index is 0. The van der Waals surface area contributed by atoms with Crippen LogP contribution in [-0.4, -0.2) is 98.4 Å². The van der Waals surface area contributed by atoms with Crippen LogP contribution in [0.1, 0.15) is 39.3 Å². The highest BCUT2D eigenvalue weighted by Crippen LogP contribution is 2.52. The monoisotopic (exact) mass is 664 g/mol. The SMILES string of the molecule is CC1(C)S[C@@H]2[C@@H](Cl)C(=O)N2[C@H]1C(=O)OCOC(=O)[C@@H]1N2C(=O)[C@@H](NC(=O)C(N)c3ccccc3)[C@H]2S(=O)(=O)C1(C)C.Cl. The molecule has 1 aromatic carbocycles. The fourth-order valence-electron chi connectivity index (χ4n) is 5.73. The van der Waals surface area contributed by atoms with E-state index in [1.807, 2.05) is 0 Å². The molecule has 230 valence electrons. The summed E-state index contributed by atoms with van der Waals surface area (Å²) in [6.45, 7) is 5.20. The first kappa shape index (κ1) is 32.3.